The van der Waals surface area contributed by atoms with Crippen LogP contribution in [0.3, 0.4) is 0 Å². The van der Waals surface area contributed by atoms with E-state index in [0.717, 1.165) is 5.92 Å². The molecule has 0 N–H and O–H groups in total. The molecule has 1 rings (SSSR count). The second-order valence-electron chi connectivity index (χ2n) is 7.01. The van der Waals surface area contributed by atoms with Crippen molar-refractivity contribution in [1.82, 2.24) is 0 Å². The molecule has 0 aromatic carbocycles. The summed E-state index contributed by atoms with van der Waals surface area (Å²) in [6, 6.07) is 0. The molecular weight excluding hydrogens is 180 g/mol. The van der Waals surface area contributed by atoms with Gasteiger partial charge in [-0.2, -0.15) is 0 Å². The van der Waals surface area contributed by atoms with Crippen LogP contribution in [0, 0.1) is 16.7 Å². The Labute approximate surface area is 96.8 Å². The predicted molar refractivity (Wildman–Crippen MR) is 69.0 cm³/mol. The molecule has 0 saturated heterocycles. The zero-order chi connectivity index (χ0) is 11.5. The van der Waals surface area contributed by atoms with Crippen LogP contribution in [0.1, 0.15) is 79.6 Å². The van der Waals surface area contributed by atoms with Crippen molar-refractivity contribution >= 4 is 0 Å². The summed E-state index contributed by atoms with van der Waals surface area (Å²) in [4.78, 5) is 0. The molecule has 0 amide bonds. The third kappa shape index (κ3) is 3.23. The lowest BCUT2D eigenvalue weighted by Gasteiger charge is -2.46. The molecule has 0 aromatic heterocycles. The second kappa shape index (κ2) is 4.89. The summed E-state index contributed by atoms with van der Waals surface area (Å²) in [5, 5.41) is 0. The van der Waals surface area contributed by atoms with Gasteiger partial charge in [0.2, 0.25) is 0 Å². The van der Waals surface area contributed by atoms with Crippen LogP contribution < -0.4 is 0 Å². The zero-order valence-electron chi connectivity index (χ0n) is 11.5. The van der Waals surface area contributed by atoms with Crippen molar-refractivity contribution < 1.29 is 0 Å². The van der Waals surface area contributed by atoms with Gasteiger partial charge >= 0.3 is 0 Å². The maximum atomic E-state index is 2.49. The Morgan fingerprint density at radius 1 is 0.667 bits per heavy atom. The van der Waals surface area contributed by atoms with Gasteiger partial charge in [0.25, 0.3) is 0 Å². The van der Waals surface area contributed by atoms with Crippen LogP contribution in [0.25, 0.3) is 0 Å². The summed E-state index contributed by atoms with van der Waals surface area (Å²) in [6.45, 7) is 12.2. The first kappa shape index (κ1) is 13.1. The Morgan fingerprint density at radius 3 is 1.47 bits per heavy atom. The first-order valence-corrected chi connectivity index (χ1v) is 6.86. The van der Waals surface area contributed by atoms with E-state index in [1.807, 2.05) is 0 Å². The Hall–Kier alpha value is 0. The molecule has 1 saturated carbocycles. The Balaban J connectivity index is 2.66. The molecule has 0 atom stereocenters. The molecule has 0 bridgehead atoms. The monoisotopic (exact) mass is 210 g/mol. The van der Waals surface area contributed by atoms with E-state index in [2.05, 4.69) is 34.6 Å². The summed E-state index contributed by atoms with van der Waals surface area (Å²) in [6.07, 6.45) is 10.3. The van der Waals surface area contributed by atoms with Gasteiger partial charge in [0, 0.05) is 0 Å². The van der Waals surface area contributed by atoms with Crippen LogP contribution in [-0.4, -0.2) is 0 Å². The summed E-state index contributed by atoms with van der Waals surface area (Å²) in [7, 11) is 0. The molecule has 90 valence electrons. The van der Waals surface area contributed by atoms with E-state index in [1.165, 1.54) is 44.9 Å². The SMILES string of the molecule is CC(C)(C)C(C)(C)C1CCCCCCC1. The fraction of sp³-hybridized carbons (Fsp3) is 1.00. The van der Waals surface area contributed by atoms with Crippen LogP contribution in [-0.2, 0) is 0 Å². The summed E-state index contributed by atoms with van der Waals surface area (Å²) < 4.78 is 0. The zero-order valence-corrected chi connectivity index (χ0v) is 11.5. The van der Waals surface area contributed by atoms with Crippen LogP contribution in [0.2, 0.25) is 0 Å². The highest BCUT2D eigenvalue weighted by Gasteiger charge is 2.39. The van der Waals surface area contributed by atoms with Gasteiger partial charge in [0.15, 0.2) is 0 Å². The third-order valence-electron chi connectivity index (χ3n) is 5.06. The smallest absolute Gasteiger partial charge is 0.0277 e. The summed E-state index contributed by atoms with van der Waals surface area (Å²) >= 11 is 0. The van der Waals surface area contributed by atoms with E-state index < -0.39 is 0 Å². The fourth-order valence-corrected chi connectivity index (χ4v) is 2.79. The number of hydrogen-bond donors (Lipinski definition) is 0. The quantitative estimate of drug-likeness (QED) is 0.542. The average molecular weight is 210 g/mol. The highest BCUT2D eigenvalue weighted by atomic mass is 14.4. The maximum absolute atomic E-state index is 2.49. The minimum Gasteiger partial charge on any atom is -0.0597 e. The Bertz CT molecular complexity index is 175. The highest BCUT2D eigenvalue weighted by molar-refractivity contribution is 4.88. The molecule has 1 aliphatic carbocycles. The summed E-state index contributed by atoms with van der Waals surface area (Å²) in [5.74, 6) is 0.942. The van der Waals surface area contributed by atoms with Gasteiger partial charge in [-0.3, -0.25) is 0 Å². The summed E-state index contributed by atoms with van der Waals surface area (Å²) in [5.41, 5.74) is 0.932. The lowest BCUT2D eigenvalue weighted by Crippen LogP contribution is -2.37. The second-order valence-corrected chi connectivity index (χ2v) is 7.01. The molecule has 0 aromatic rings. The highest BCUT2D eigenvalue weighted by Crippen LogP contribution is 2.48. The first-order chi connectivity index (χ1) is 6.86. The molecule has 1 fully saturated rings. The van der Waals surface area contributed by atoms with E-state index in [-0.39, 0.29) is 0 Å². The lowest BCUT2D eigenvalue weighted by molar-refractivity contribution is 0.0388. The van der Waals surface area contributed by atoms with Crippen LogP contribution >= 0.6 is 0 Å². The van der Waals surface area contributed by atoms with Gasteiger partial charge in [-0.1, -0.05) is 66.7 Å². The van der Waals surface area contributed by atoms with Crippen LogP contribution in [0.15, 0.2) is 0 Å². The third-order valence-corrected chi connectivity index (χ3v) is 5.06. The van der Waals surface area contributed by atoms with Gasteiger partial charge in [0.05, 0.1) is 0 Å². The fourth-order valence-electron chi connectivity index (χ4n) is 2.79. The lowest BCUT2D eigenvalue weighted by atomic mass is 9.59. The standard InChI is InChI=1S/C15H30/c1-14(2,3)15(4,5)13-11-9-7-6-8-10-12-13/h13H,6-12H2,1-5H3. The Kier molecular flexibility index (Phi) is 4.26. The molecule has 0 aliphatic heterocycles. The molecule has 0 unspecified atom stereocenters. The predicted octanol–water partition coefficient (Wildman–Crippen LogP) is 5.42. The molecule has 0 radical (unpaired) electrons. The van der Waals surface area contributed by atoms with E-state index in [1.54, 1.807) is 0 Å². The van der Waals surface area contributed by atoms with Crippen molar-refractivity contribution in [3.8, 4) is 0 Å². The van der Waals surface area contributed by atoms with E-state index in [4.69, 9.17) is 0 Å². The van der Waals surface area contributed by atoms with Crippen molar-refractivity contribution in [2.75, 3.05) is 0 Å². The van der Waals surface area contributed by atoms with Crippen molar-refractivity contribution in [1.29, 1.82) is 0 Å². The molecule has 15 heavy (non-hydrogen) atoms. The molecule has 0 heteroatoms. The topological polar surface area (TPSA) is 0 Å². The van der Waals surface area contributed by atoms with Crippen LogP contribution in [0.5, 0.6) is 0 Å². The van der Waals surface area contributed by atoms with Gasteiger partial charge in [-0.25, -0.2) is 0 Å². The molecule has 1 aliphatic rings. The Morgan fingerprint density at radius 2 is 1.07 bits per heavy atom. The van der Waals surface area contributed by atoms with Gasteiger partial charge in [-0.15, -0.1) is 0 Å². The molecular formula is C15H30. The van der Waals surface area contributed by atoms with E-state index >= 15 is 0 Å². The van der Waals surface area contributed by atoms with E-state index in [9.17, 15) is 0 Å². The number of rotatable bonds is 1. The molecule has 0 spiro atoms. The molecule has 0 nitrogen and oxygen atoms in total. The van der Waals surface area contributed by atoms with Crippen molar-refractivity contribution in [2.45, 2.75) is 79.6 Å². The van der Waals surface area contributed by atoms with Gasteiger partial charge in [0.1, 0.15) is 0 Å². The minimum atomic E-state index is 0.441. The van der Waals surface area contributed by atoms with Crippen molar-refractivity contribution in [2.24, 2.45) is 16.7 Å². The van der Waals surface area contributed by atoms with Gasteiger partial charge in [-0.05, 0) is 29.6 Å². The van der Waals surface area contributed by atoms with Gasteiger partial charge < -0.3 is 0 Å². The minimum absolute atomic E-state index is 0.441. The number of hydrogen-bond acceptors (Lipinski definition) is 0. The van der Waals surface area contributed by atoms with Crippen LogP contribution in [0.4, 0.5) is 0 Å². The van der Waals surface area contributed by atoms with Crippen molar-refractivity contribution in [3.63, 3.8) is 0 Å². The van der Waals surface area contributed by atoms with E-state index in [0.29, 0.717) is 10.8 Å². The van der Waals surface area contributed by atoms with Crippen molar-refractivity contribution in [3.05, 3.63) is 0 Å². The average Bonchev–Trinajstić information content (AvgIpc) is 1.99. The molecule has 0 heterocycles. The largest absolute Gasteiger partial charge is 0.0597 e. The first-order valence-electron chi connectivity index (χ1n) is 6.86. The normalized spacial score (nSPS) is 22.2. The maximum Gasteiger partial charge on any atom is -0.0277 e.